The SMILES string of the molecule is CCCC(c1ccc(OC)c(C)c1)C(CCC)c1ccc(OC)c(CCC(P(=O)(OC(C)C)OC(C)C)P(=O)(OC(C)C)OC(C)C)c1. The van der Waals surface area contributed by atoms with Gasteiger partial charge in [-0.25, -0.2) is 0 Å². The zero-order chi connectivity index (χ0) is 36.2. The number of methoxy groups -OCH3 is 2. The van der Waals surface area contributed by atoms with E-state index in [1.165, 1.54) is 11.1 Å². The van der Waals surface area contributed by atoms with E-state index >= 15 is 0 Å². The minimum atomic E-state index is -4.02. The van der Waals surface area contributed by atoms with Gasteiger partial charge in [-0.15, -0.1) is 0 Å². The lowest BCUT2D eigenvalue weighted by molar-refractivity contribution is 0.121. The molecule has 2 rings (SSSR count). The molecule has 2 unspecified atom stereocenters. The lowest BCUT2D eigenvalue weighted by atomic mass is 9.76. The molecule has 0 saturated heterocycles. The van der Waals surface area contributed by atoms with E-state index in [4.69, 9.17) is 27.6 Å². The van der Waals surface area contributed by atoms with Crippen molar-refractivity contribution in [1.29, 1.82) is 0 Å². The minimum absolute atomic E-state index is 0.182. The molecule has 0 saturated carbocycles. The molecule has 0 heterocycles. The molecular weight excluding hydrogens is 646 g/mol. The number of hydrogen-bond donors (Lipinski definition) is 0. The Kier molecular flexibility index (Phi) is 17.4. The van der Waals surface area contributed by atoms with E-state index in [0.29, 0.717) is 18.1 Å². The lowest BCUT2D eigenvalue weighted by Crippen LogP contribution is -2.24. The van der Waals surface area contributed by atoms with Crippen molar-refractivity contribution in [2.45, 2.75) is 156 Å². The molecule has 2 atom stereocenters. The molecule has 48 heavy (non-hydrogen) atoms. The third-order valence-corrected chi connectivity index (χ3v) is 14.6. The molecule has 0 aliphatic carbocycles. The molecule has 0 aliphatic rings. The molecule has 2 aromatic carbocycles. The summed E-state index contributed by atoms with van der Waals surface area (Å²) in [6, 6.07) is 12.9. The largest absolute Gasteiger partial charge is 0.496 e. The second-order valence-corrected chi connectivity index (χ2v) is 18.5. The van der Waals surface area contributed by atoms with Gasteiger partial charge in [-0.1, -0.05) is 51.0 Å². The third-order valence-electron chi connectivity index (χ3n) is 8.10. The highest BCUT2D eigenvalue weighted by Crippen LogP contribution is 2.73. The van der Waals surface area contributed by atoms with Crippen molar-refractivity contribution in [2.75, 3.05) is 14.2 Å². The zero-order valence-corrected chi connectivity index (χ0v) is 33.7. The van der Waals surface area contributed by atoms with Gasteiger partial charge in [0.25, 0.3) is 0 Å². The summed E-state index contributed by atoms with van der Waals surface area (Å²) in [7, 11) is -4.67. The van der Waals surface area contributed by atoms with Crippen LogP contribution in [0.3, 0.4) is 0 Å². The van der Waals surface area contributed by atoms with Gasteiger partial charge >= 0.3 is 15.2 Å². The van der Waals surface area contributed by atoms with Gasteiger partial charge < -0.3 is 27.6 Å². The average molecular weight is 711 g/mol. The summed E-state index contributed by atoms with van der Waals surface area (Å²) in [5, 5.41) is -1.14. The van der Waals surface area contributed by atoms with Crippen molar-refractivity contribution in [3.05, 3.63) is 58.7 Å². The topological polar surface area (TPSA) is 89.5 Å². The summed E-state index contributed by atoms with van der Waals surface area (Å²) in [5.41, 5.74) is 4.59. The van der Waals surface area contributed by atoms with Crippen molar-refractivity contribution < 1.29 is 36.7 Å². The smallest absolute Gasteiger partial charge is 0.346 e. The van der Waals surface area contributed by atoms with E-state index in [1.54, 1.807) is 69.6 Å². The van der Waals surface area contributed by atoms with Crippen LogP contribution in [-0.4, -0.2) is 44.0 Å². The number of aryl methyl sites for hydroxylation is 2. The first-order valence-electron chi connectivity index (χ1n) is 17.8. The highest BCUT2D eigenvalue weighted by atomic mass is 31.2. The van der Waals surface area contributed by atoms with Crippen LogP contribution in [-0.2, 0) is 33.6 Å². The van der Waals surface area contributed by atoms with Crippen LogP contribution >= 0.6 is 15.2 Å². The highest BCUT2D eigenvalue weighted by molar-refractivity contribution is 7.72. The minimum Gasteiger partial charge on any atom is -0.496 e. The fourth-order valence-electron chi connectivity index (χ4n) is 6.46. The van der Waals surface area contributed by atoms with Crippen LogP contribution in [0, 0.1) is 6.92 Å². The summed E-state index contributed by atoms with van der Waals surface area (Å²) in [4.78, 5) is 0. The number of ether oxygens (including phenoxy) is 2. The van der Waals surface area contributed by atoms with Gasteiger partial charge in [-0.05, 0) is 134 Å². The maximum Gasteiger partial charge on any atom is 0.346 e. The van der Waals surface area contributed by atoms with Gasteiger partial charge in [-0.3, -0.25) is 9.13 Å². The summed E-state index contributed by atoms with van der Waals surface area (Å²) < 4.78 is 65.1. The third kappa shape index (κ3) is 12.0. The summed E-state index contributed by atoms with van der Waals surface area (Å²) in [6.07, 6.45) is 3.00. The average Bonchev–Trinajstić information content (AvgIpc) is 2.97. The van der Waals surface area contributed by atoms with Gasteiger partial charge in [0.2, 0.25) is 0 Å². The molecule has 0 spiro atoms. The van der Waals surface area contributed by atoms with E-state index in [0.717, 1.165) is 42.6 Å². The molecule has 274 valence electrons. The first kappa shape index (κ1) is 42.5. The standard InChI is InChI=1S/C38H64O8P2/c1-14-16-34(31-18-21-36(41-12)30(11)24-31)35(17-15-2)32-19-22-37(42-13)33(25-32)20-23-38(47(39,43-26(3)4)44-27(5)6)48(40,45-28(7)8)46-29(9)10/h18-19,21-22,24-29,34-35,38H,14-17,20,23H2,1-13H3. The van der Waals surface area contributed by atoms with Crippen LogP contribution in [0.25, 0.3) is 0 Å². The van der Waals surface area contributed by atoms with E-state index in [2.05, 4.69) is 51.1 Å². The van der Waals surface area contributed by atoms with Crippen LogP contribution in [0.5, 0.6) is 11.5 Å². The molecule has 0 N–H and O–H groups in total. The van der Waals surface area contributed by atoms with Gasteiger partial charge in [0.15, 0.2) is 5.40 Å². The molecule has 0 aromatic heterocycles. The van der Waals surface area contributed by atoms with Crippen molar-refractivity contribution in [3.8, 4) is 11.5 Å². The monoisotopic (exact) mass is 710 g/mol. The Bertz CT molecular complexity index is 1290. The predicted octanol–water partition coefficient (Wildman–Crippen LogP) is 11.8. The number of hydrogen-bond acceptors (Lipinski definition) is 8. The molecule has 0 amide bonds. The first-order valence-corrected chi connectivity index (χ1v) is 21.0. The Morgan fingerprint density at radius 2 is 0.979 bits per heavy atom. The molecule has 0 fully saturated rings. The van der Waals surface area contributed by atoms with Gasteiger partial charge in [0.05, 0.1) is 38.6 Å². The summed E-state index contributed by atoms with van der Waals surface area (Å²) in [6.45, 7) is 20.9. The van der Waals surface area contributed by atoms with Gasteiger partial charge in [-0.2, -0.15) is 0 Å². The fraction of sp³-hybridized carbons (Fsp3) is 0.684. The van der Waals surface area contributed by atoms with Crippen molar-refractivity contribution in [1.82, 2.24) is 0 Å². The van der Waals surface area contributed by atoms with E-state index in [1.807, 2.05) is 6.07 Å². The first-order chi connectivity index (χ1) is 22.5. The van der Waals surface area contributed by atoms with Gasteiger partial charge in [0, 0.05) is 0 Å². The molecule has 0 aliphatic heterocycles. The molecule has 0 radical (unpaired) electrons. The molecular formula is C38H64O8P2. The van der Waals surface area contributed by atoms with Crippen LogP contribution in [0.2, 0.25) is 0 Å². The fourth-order valence-corrected chi connectivity index (χ4v) is 12.4. The van der Waals surface area contributed by atoms with Gasteiger partial charge in [0.1, 0.15) is 11.5 Å². The maximum atomic E-state index is 14.8. The lowest BCUT2D eigenvalue weighted by Gasteiger charge is -2.35. The van der Waals surface area contributed by atoms with Crippen LogP contribution in [0.15, 0.2) is 36.4 Å². The normalized spacial score (nSPS) is 14.0. The van der Waals surface area contributed by atoms with Crippen LogP contribution in [0.4, 0.5) is 0 Å². The second-order valence-electron chi connectivity index (χ2n) is 13.8. The number of benzene rings is 2. The zero-order valence-electron chi connectivity index (χ0n) is 31.9. The quantitative estimate of drug-likeness (QED) is 0.112. The Balaban J connectivity index is 2.69. The Hall–Kier alpha value is -1.66. The molecule has 8 nitrogen and oxygen atoms in total. The second kappa shape index (κ2) is 19.7. The Morgan fingerprint density at radius 3 is 1.33 bits per heavy atom. The Morgan fingerprint density at radius 1 is 0.583 bits per heavy atom. The van der Waals surface area contributed by atoms with E-state index in [-0.39, 0.29) is 12.3 Å². The number of rotatable bonds is 22. The van der Waals surface area contributed by atoms with E-state index in [9.17, 15) is 9.13 Å². The van der Waals surface area contributed by atoms with E-state index < -0.39 is 45.0 Å². The van der Waals surface area contributed by atoms with Crippen LogP contribution in [0.1, 0.15) is 135 Å². The molecule has 10 heteroatoms. The summed E-state index contributed by atoms with van der Waals surface area (Å²) >= 11 is 0. The highest BCUT2D eigenvalue weighted by Gasteiger charge is 2.52. The van der Waals surface area contributed by atoms with Crippen molar-refractivity contribution in [2.24, 2.45) is 0 Å². The predicted molar refractivity (Wildman–Crippen MR) is 198 cm³/mol. The van der Waals surface area contributed by atoms with Crippen molar-refractivity contribution in [3.63, 3.8) is 0 Å². The van der Waals surface area contributed by atoms with Crippen molar-refractivity contribution >= 4 is 15.2 Å². The maximum absolute atomic E-state index is 14.8. The Labute approximate surface area is 292 Å². The summed E-state index contributed by atoms with van der Waals surface area (Å²) in [5.74, 6) is 2.19. The molecule has 2 aromatic rings. The molecule has 0 bridgehead atoms. The van der Waals surface area contributed by atoms with Crippen LogP contribution < -0.4 is 9.47 Å².